The van der Waals surface area contributed by atoms with Crippen molar-refractivity contribution >= 4 is 0 Å². The molecule has 0 unspecified atom stereocenters. The normalized spacial score (nSPS) is 8.20. The number of hydrogen-bond acceptors (Lipinski definition) is 2. The van der Waals surface area contributed by atoms with Crippen molar-refractivity contribution in [2.75, 3.05) is 6.61 Å². The molecule has 0 amide bonds. The van der Waals surface area contributed by atoms with E-state index in [0.29, 0.717) is 6.61 Å². The van der Waals surface area contributed by atoms with Gasteiger partial charge < -0.3 is 9.52 Å². The highest BCUT2D eigenvalue weighted by Crippen LogP contribution is 1.79. The topological polar surface area (TPSA) is 33.4 Å². The maximum atomic E-state index is 8.07. The van der Waals surface area contributed by atoms with Crippen LogP contribution in [0.1, 0.15) is 19.8 Å². The summed E-state index contributed by atoms with van der Waals surface area (Å²) in [6.45, 7) is 2.40. The van der Waals surface area contributed by atoms with E-state index in [9.17, 15) is 0 Å². The Kier molecular flexibility index (Phi) is 7.61. The van der Waals surface area contributed by atoms with Gasteiger partial charge in [0.15, 0.2) is 0 Å². The summed E-state index contributed by atoms with van der Waals surface area (Å²) in [5.41, 5.74) is 0. The molecule has 2 nitrogen and oxygen atoms in total. The third-order valence-electron chi connectivity index (χ3n) is 0.937. The second kappa shape index (κ2) is 8.24. The predicted octanol–water partition coefficient (Wildman–Crippen LogP) is 2.06. The zero-order valence-corrected chi connectivity index (χ0v) is 6.29. The Bertz CT molecular complexity index is 93.6. The summed E-state index contributed by atoms with van der Waals surface area (Å²) < 4.78 is 4.58. The quantitative estimate of drug-likeness (QED) is 0.685. The van der Waals surface area contributed by atoms with E-state index in [1.54, 1.807) is 12.5 Å². The summed E-state index contributed by atoms with van der Waals surface area (Å²) >= 11 is 0. The molecule has 1 rings (SSSR count). The third kappa shape index (κ3) is 7.24. The van der Waals surface area contributed by atoms with Gasteiger partial charge in [0.1, 0.15) is 0 Å². The van der Waals surface area contributed by atoms with E-state index in [0.717, 1.165) is 12.8 Å². The van der Waals surface area contributed by atoms with Gasteiger partial charge in [0.05, 0.1) is 12.5 Å². The molecule has 1 aromatic heterocycles. The van der Waals surface area contributed by atoms with Crippen LogP contribution in [-0.4, -0.2) is 11.7 Å². The smallest absolute Gasteiger partial charge is 0.0902 e. The molecule has 0 aliphatic heterocycles. The Morgan fingerprint density at radius 3 is 2.00 bits per heavy atom. The summed E-state index contributed by atoms with van der Waals surface area (Å²) in [5, 5.41) is 8.07. The first-order chi connectivity index (χ1) is 4.91. The second-order valence-electron chi connectivity index (χ2n) is 1.87. The summed E-state index contributed by atoms with van der Waals surface area (Å²) in [5.74, 6) is 0. The Balaban J connectivity index is 0.000000162. The number of rotatable bonds is 2. The van der Waals surface area contributed by atoms with Crippen LogP contribution in [0.2, 0.25) is 0 Å². The molecule has 0 radical (unpaired) electrons. The lowest BCUT2D eigenvalue weighted by Crippen LogP contribution is -1.75. The first-order valence-corrected chi connectivity index (χ1v) is 3.49. The van der Waals surface area contributed by atoms with Crippen molar-refractivity contribution in [2.45, 2.75) is 19.8 Å². The molecule has 0 saturated heterocycles. The van der Waals surface area contributed by atoms with Crippen molar-refractivity contribution < 1.29 is 9.52 Å². The zero-order valence-electron chi connectivity index (χ0n) is 6.29. The molecule has 10 heavy (non-hydrogen) atoms. The molecule has 2 heteroatoms. The van der Waals surface area contributed by atoms with Crippen LogP contribution in [0, 0.1) is 0 Å². The summed E-state index contributed by atoms with van der Waals surface area (Å²) in [7, 11) is 0. The van der Waals surface area contributed by atoms with Crippen LogP contribution in [0.5, 0.6) is 0 Å². The average Bonchev–Trinajstić information content (AvgIpc) is 2.44. The van der Waals surface area contributed by atoms with Gasteiger partial charge in [-0.1, -0.05) is 13.3 Å². The molecule has 0 aliphatic carbocycles. The van der Waals surface area contributed by atoms with Crippen LogP contribution in [-0.2, 0) is 0 Å². The number of aliphatic hydroxyl groups is 1. The molecule has 0 aromatic carbocycles. The highest BCUT2D eigenvalue weighted by Gasteiger charge is 1.69. The average molecular weight is 142 g/mol. The lowest BCUT2D eigenvalue weighted by Gasteiger charge is -1.79. The van der Waals surface area contributed by atoms with E-state index in [1.807, 2.05) is 12.1 Å². The molecule has 1 N–H and O–H groups in total. The monoisotopic (exact) mass is 142 g/mol. The molecule has 58 valence electrons. The predicted molar refractivity (Wildman–Crippen MR) is 40.7 cm³/mol. The van der Waals surface area contributed by atoms with Crippen LogP contribution in [0.25, 0.3) is 0 Å². The maximum Gasteiger partial charge on any atom is 0.0902 e. The van der Waals surface area contributed by atoms with Gasteiger partial charge in [0, 0.05) is 6.61 Å². The lowest BCUT2D eigenvalue weighted by molar-refractivity contribution is 0.287. The molecule has 0 aliphatic rings. The molecular weight excluding hydrogens is 128 g/mol. The fourth-order valence-corrected chi connectivity index (χ4v) is 0.385. The molecule has 0 saturated carbocycles. The number of furan rings is 1. The van der Waals surface area contributed by atoms with E-state index in [-0.39, 0.29) is 0 Å². The van der Waals surface area contributed by atoms with E-state index in [1.165, 1.54) is 0 Å². The number of aliphatic hydroxyl groups excluding tert-OH is 1. The minimum absolute atomic E-state index is 0.344. The Morgan fingerprint density at radius 2 is 1.90 bits per heavy atom. The van der Waals surface area contributed by atoms with Crippen molar-refractivity contribution in [3.8, 4) is 0 Å². The van der Waals surface area contributed by atoms with Crippen molar-refractivity contribution in [1.29, 1.82) is 0 Å². The molecule has 0 atom stereocenters. The standard InChI is InChI=1S/C4H4O.C4H10O/c1-2-4-5-3-1;1-2-3-4-5/h1-4H;5H,2-4H2,1H3. The lowest BCUT2D eigenvalue weighted by atomic mass is 10.4. The van der Waals surface area contributed by atoms with Gasteiger partial charge in [0.2, 0.25) is 0 Å². The van der Waals surface area contributed by atoms with Crippen LogP contribution >= 0.6 is 0 Å². The van der Waals surface area contributed by atoms with Crippen molar-refractivity contribution in [3.63, 3.8) is 0 Å². The zero-order chi connectivity index (χ0) is 7.66. The summed E-state index contributed by atoms with van der Waals surface area (Å²) in [6, 6.07) is 3.67. The van der Waals surface area contributed by atoms with Gasteiger partial charge in [-0.3, -0.25) is 0 Å². The number of hydrogen-bond donors (Lipinski definition) is 1. The maximum absolute atomic E-state index is 8.07. The van der Waals surface area contributed by atoms with E-state index < -0.39 is 0 Å². The minimum Gasteiger partial charge on any atom is -0.473 e. The SMILES string of the molecule is CCCCO.c1ccoc1. The first-order valence-electron chi connectivity index (χ1n) is 3.49. The van der Waals surface area contributed by atoms with Crippen molar-refractivity contribution in [1.82, 2.24) is 0 Å². The van der Waals surface area contributed by atoms with Gasteiger partial charge >= 0.3 is 0 Å². The summed E-state index contributed by atoms with van der Waals surface area (Å²) in [6.07, 6.45) is 5.29. The fourth-order valence-electron chi connectivity index (χ4n) is 0.385. The van der Waals surface area contributed by atoms with Crippen molar-refractivity contribution in [3.05, 3.63) is 24.7 Å². The Labute approximate surface area is 61.5 Å². The highest BCUT2D eigenvalue weighted by atomic mass is 16.3. The van der Waals surface area contributed by atoms with E-state index in [4.69, 9.17) is 5.11 Å². The largest absolute Gasteiger partial charge is 0.473 e. The van der Waals surface area contributed by atoms with Gasteiger partial charge in [-0.05, 0) is 18.6 Å². The van der Waals surface area contributed by atoms with Gasteiger partial charge in [0.25, 0.3) is 0 Å². The van der Waals surface area contributed by atoms with Crippen LogP contribution in [0.4, 0.5) is 0 Å². The van der Waals surface area contributed by atoms with Crippen LogP contribution in [0.3, 0.4) is 0 Å². The Morgan fingerprint density at radius 1 is 1.30 bits per heavy atom. The van der Waals surface area contributed by atoms with E-state index in [2.05, 4.69) is 11.3 Å². The second-order valence-corrected chi connectivity index (χ2v) is 1.87. The minimum atomic E-state index is 0.344. The highest BCUT2D eigenvalue weighted by molar-refractivity contribution is 4.79. The Hall–Kier alpha value is -0.760. The van der Waals surface area contributed by atoms with Gasteiger partial charge in [-0.2, -0.15) is 0 Å². The molecule has 1 aromatic rings. The summed E-state index contributed by atoms with van der Waals surface area (Å²) in [4.78, 5) is 0. The molecule has 0 spiro atoms. The number of unbranched alkanes of at least 4 members (excludes halogenated alkanes) is 1. The van der Waals surface area contributed by atoms with E-state index >= 15 is 0 Å². The molecule has 0 fully saturated rings. The third-order valence-corrected chi connectivity index (χ3v) is 0.937. The molecular formula is C8H14O2. The van der Waals surface area contributed by atoms with Crippen LogP contribution < -0.4 is 0 Å². The van der Waals surface area contributed by atoms with Gasteiger partial charge in [-0.25, -0.2) is 0 Å². The first kappa shape index (κ1) is 9.24. The molecule has 0 bridgehead atoms. The van der Waals surface area contributed by atoms with Crippen LogP contribution in [0.15, 0.2) is 29.1 Å². The fraction of sp³-hybridized carbons (Fsp3) is 0.500. The molecule has 1 heterocycles. The van der Waals surface area contributed by atoms with Crippen molar-refractivity contribution in [2.24, 2.45) is 0 Å². The van der Waals surface area contributed by atoms with Gasteiger partial charge in [-0.15, -0.1) is 0 Å².